The standard InChI is InChI=1S/C24H20F3N5O3/c1-28-22(34)20-17-7-6-14(10-19(17)31-32-20)15-9-18(23(35-2)30-12-15)21(33)29-11-13-4-3-5-16(8-13)24(25,26)27/h3-10,12H,11H2,1-2H3,(H,28,34)(H,29,33)(H,31,32). The van der Waals surface area contributed by atoms with E-state index in [4.69, 9.17) is 4.74 Å². The van der Waals surface area contributed by atoms with E-state index in [2.05, 4.69) is 25.8 Å². The van der Waals surface area contributed by atoms with E-state index >= 15 is 0 Å². The fourth-order valence-electron chi connectivity index (χ4n) is 3.56. The highest BCUT2D eigenvalue weighted by molar-refractivity contribution is 6.05. The molecule has 180 valence electrons. The second-order valence-corrected chi connectivity index (χ2v) is 7.57. The Bertz CT molecular complexity index is 1420. The summed E-state index contributed by atoms with van der Waals surface area (Å²) in [7, 11) is 2.88. The number of pyridine rings is 1. The number of methoxy groups -OCH3 is 1. The molecule has 0 bridgehead atoms. The Kier molecular flexibility index (Phi) is 6.41. The lowest BCUT2D eigenvalue weighted by Crippen LogP contribution is -2.24. The van der Waals surface area contributed by atoms with Gasteiger partial charge in [0, 0.05) is 30.7 Å². The smallest absolute Gasteiger partial charge is 0.416 e. The van der Waals surface area contributed by atoms with Gasteiger partial charge >= 0.3 is 6.18 Å². The van der Waals surface area contributed by atoms with Crippen molar-refractivity contribution in [2.24, 2.45) is 0 Å². The Morgan fingerprint density at radius 3 is 2.57 bits per heavy atom. The Morgan fingerprint density at radius 1 is 1.06 bits per heavy atom. The largest absolute Gasteiger partial charge is 0.480 e. The molecule has 0 aliphatic rings. The second-order valence-electron chi connectivity index (χ2n) is 7.57. The summed E-state index contributed by atoms with van der Waals surface area (Å²) in [6.45, 7) is -0.113. The highest BCUT2D eigenvalue weighted by Gasteiger charge is 2.30. The molecular weight excluding hydrogens is 463 g/mol. The van der Waals surface area contributed by atoms with Crippen LogP contribution >= 0.6 is 0 Å². The van der Waals surface area contributed by atoms with Gasteiger partial charge in [-0.05, 0) is 41.5 Å². The minimum atomic E-state index is -4.47. The molecular formula is C24H20F3N5O3. The van der Waals surface area contributed by atoms with Gasteiger partial charge in [-0.1, -0.05) is 18.2 Å². The van der Waals surface area contributed by atoms with E-state index in [0.29, 0.717) is 27.6 Å². The van der Waals surface area contributed by atoms with Gasteiger partial charge in [0.2, 0.25) is 5.88 Å². The van der Waals surface area contributed by atoms with Crippen LogP contribution in [-0.4, -0.2) is 41.2 Å². The molecule has 3 N–H and O–H groups in total. The first-order valence-electron chi connectivity index (χ1n) is 10.4. The molecule has 35 heavy (non-hydrogen) atoms. The van der Waals surface area contributed by atoms with E-state index in [9.17, 15) is 22.8 Å². The normalized spacial score (nSPS) is 11.3. The topological polar surface area (TPSA) is 109 Å². The number of carbonyl (C=O) groups excluding carboxylic acids is 2. The van der Waals surface area contributed by atoms with Crippen LogP contribution in [0.5, 0.6) is 5.88 Å². The fraction of sp³-hybridized carbons (Fsp3) is 0.167. The molecule has 0 saturated carbocycles. The van der Waals surface area contributed by atoms with Gasteiger partial charge in [-0.15, -0.1) is 0 Å². The fourth-order valence-corrected chi connectivity index (χ4v) is 3.56. The molecule has 2 aromatic carbocycles. The Balaban J connectivity index is 1.59. The summed E-state index contributed by atoms with van der Waals surface area (Å²) in [5.74, 6) is -0.812. The molecule has 0 aliphatic carbocycles. The van der Waals surface area contributed by atoms with Crippen LogP contribution in [0.4, 0.5) is 13.2 Å². The lowest BCUT2D eigenvalue weighted by atomic mass is 10.0. The maximum Gasteiger partial charge on any atom is 0.416 e. The number of benzene rings is 2. The highest BCUT2D eigenvalue weighted by Crippen LogP contribution is 2.30. The van der Waals surface area contributed by atoms with Crippen LogP contribution < -0.4 is 15.4 Å². The molecule has 0 fully saturated rings. The monoisotopic (exact) mass is 483 g/mol. The molecule has 0 aliphatic heterocycles. The van der Waals surface area contributed by atoms with Crippen LogP contribution in [0, 0.1) is 0 Å². The van der Waals surface area contributed by atoms with E-state index in [1.54, 1.807) is 24.3 Å². The van der Waals surface area contributed by atoms with Gasteiger partial charge in [0.25, 0.3) is 11.8 Å². The maximum atomic E-state index is 13.0. The average Bonchev–Trinajstić information content (AvgIpc) is 3.29. The molecule has 0 spiro atoms. The molecule has 0 radical (unpaired) electrons. The van der Waals surface area contributed by atoms with Crippen molar-refractivity contribution in [2.45, 2.75) is 12.7 Å². The average molecular weight is 483 g/mol. The van der Waals surface area contributed by atoms with Crippen LogP contribution in [-0.2, 0) is 12.7 Å². The van der Waals surface area contributed by atoms with E-state index in [-0.39, 0.29) is 29.6 Å². The first-order valence-corrected chi connectivity index (χ1v) is 10.4. The number of H-pyrrole nitrogens is 1. The third-order valence-electron chi connectivity index (χ3n) is 5.33. The molecule has 0 atom stereocenters. The molecule has 8 nitrogen and oxygen atoms in total. The molecule has 0 saturated heterocycles. The first-order chi connectivity index (χ1) is 16.7. The molecule has 2 amide bonds. The molecule has 0 unspecified atom stereocenters. The summed E-state index contributed by atoms with van der Waals surface area (Å²) in [5, 5.41) is 12.6. The van der Waals surface area contributed by atoms with Gasteiger partial charge in [0.05, 0.1) is 18.2 Å². The van der Waals surface area contributed by atoms with Gasteiger partial charge < -0.3 is 15.4 Å². The van der Waals surface area contributed by atoms with Gasteiger partial charge in [-0.3, -0.25) is 14.7 Å². The van der Waals surface area contributed by atoms with E-state index < -0.39 is 17.6 Å². The number of ether oxygens (including phenoxy) is 1. The van der Waals surface area contributed by atoms with Crippen molar-refractivity contribution in [2.75, 3.05) is 14.2 Å². The van der Waals surface area contributed by atoms with E-state index in [0.717, 1.165) is 12.1 Å². The number of rotatable bonds is 6. The zero-order valence-corrected chi connectivity index (χ0v) is 18.7. The summed E-state index contributed by atoms with van der Waals surface area (Å²) in [6, 6.07) is 11.6. The summed E-state index contributed by atoms with van der Waals surface area (Å²) >= 11 is 0. The van der Waals surface area contributed by atoms with Crippen molar-refractivity contribution < 1.29 is 27.5 Å². The minimum Gasteiger partial charge on any atom is -0.480 e. The number of aromatic nitrogens is 3. The minimum absolute atomic E-state index is 0.0693. The molecule has 4 rings (SSSR count). The number of hydrogen-bond donors (Lipinski definition) is 3. The predicted octanol–water partition coefficient (Wildman–Crippen LogP) is 3.94. The first kappa shape index (κ1) is 23.7. The Hall–Kier alpha value is -4.41. The lowest BCUT2D eigenvalue weighted by molar-refractivity contribution is -0.137. The number of carbonyl (C=O) groups is 2. The van der Waals surface area contributed by atoms with Crippen LogP contribution in [0.3, 0.4) is 0 Å². The molecule has 2 aromatic heterocycles. The third kappa shape index (κ3) is 4.93. The SMILES string of the molecule is CNC(=O)c1n[nH]c2cc(-c3cnc(OC)c(C(=O)NCc4cccc(C(F)(F)F)c4)c3)ccc12. The van der Waals surface area contributed by atoms with Gasteiger partial charge in [-0.2, -0.15) is 18.3 Å². The van der Waals surface area contributed by atoms with Gasteiger partial charge in [0.1, 0.15) is 5.56 Å². The van der Waals surface area contributed by atoms with Crippen molar-refractivity contribution in [1.82, 2.24) is 25.8 Å². The predicted molar refractivity (Wildman–Crippen MR) is 122 cm³/mol. The number of alkyl halides is 3. The van der Waals surface area contributed by atoms with Crippen molar-refractivity contribution >= 4 is 22.7 Å². The van der Waals surface area contributed by atoms with Crippen LogP contribution in [0.25, 0.3) is 22.0 Å². The van der Waals surface area contributed by atoms with Crippen molar-refractivity contribution in [3.63, 3.8) is 0 Å². The lowest BCUT2D eigenvalue weighted by Gasteiger charge is -2.12. The highest BCUT2D eigenvalue weighted by atomic mass is 19.4. The summed E-state index contributed by atoms with van der Waals surface area (Å²) in [5.41, 5.74) is 1.80. The number of halogens is 3. The van der Waals surface area contributed by atoms with E-state index in [1.807, 2.05) is 0 Å². The van der Waals surface area contributed by atoms with Gasteiger partial charge in [0.15, 0.2) is 5.69 Å². The zero-order valence-electron chi connectivity index (χ0n) is 18.7. The van der Waals surface area contributed by atoms with Crippen LogP contribution in [0.1, 0.15) is 32.0 Å². The van der Waals surface area contributed by atoms with Crippen molar-refractivity contribution in [1.29, 1.82) is 0 Å². The Morgan fingerprint density at radius 2 is 1.86 bits per heavy atom. The van der Waals surface area contributed by atoms with Crippen LogP contribution in [0.2, 0.25) is 0 Å². The number of fused-ring (bicyclic) bond motifs is 1. The van der Waals surface area contributed by atoms with Crippen molar-refractivity contribution in [3.05, 3.63) is 77.1 Å². The molecule has 11 heteroatoms. The summed E-state index contributed by atoms with van der Waals surface area (Å²) < 4.78 is 44.1. The number of aromatic amines is 1. The Labute approximate surface area is 197 Å². The van der Waals surface area contributed by atoms with Crippen molar-refractivity contribution in [3.8, 4) is 17.0 Å². The number of nitrogens with one attached hydrogen (secondary N) is 3. The van der Waals surface area contributed by atoms with E-state index in [1.165, 1.54) is 32.5 Å². The molecule has 4 aromatic rings. The third-order valence-corrected chi connectivity index (χ3v) is 5.33. The molecule has 2 heterocycles. The number of amides is 2. The summed E-state index contributed by atoms with van der Waals surface area (Å²) in [6.07, 6.45) is -2.95. The van der Waals surface area contributed by atoms with Crippen LogP contribution in [0.15, 0.2) is 54.7 Å². The quantitative estimate of drug-likeness (QED) is 0.385. The number of hydrogen-bond acceptors (Lipinski definition) is 5. The van der Waals surface area contributed by atoms with Gasteiger partial charge in [-0.25, -0.2) is 4.98 Å². The number of nitrogens with zero attached hydrogens (tertiary/aromatic N) is 2. The summed E-state index contributed by atoms with van der Waals surface area (Å²) in [4.78, 5) is 29.0. The zero-order chi connectivity index (χ0) is 25.2. The maximum absolute atomic E-state index is 13.0. The second kappa shape index (κ2) is 9.45.